The van der Waals surface area contributed by atoms with Gasteiger partial charge in [-0.2, -0.15) is 0 Å². The summed E-state index contributed by atoms with van der Waals surface area (Å²) >= 11 is 0. The number of carboxylic acids is 1. The molecule has 0 amide bonds. The first-order valence-corrected chi connectivity index (χ1v) is 4.96. The average Bonchev–Trinajstić information content (AvgIpc) is 2.29. The molecule has 0 saturated heterocycles. The molecule has 0 aromatic carbocycles. The van der Waals surface area contributed by atoms with Crippen molar-refractivity contribution in [2.24, 2.45) is 0 Å². The van der Waals surface area contributed by atoms with Crippen LogP contribution in [0.25, 0.3) is 11.1 Å². The fourth-order valence-corrected chi connectivity index (χ4v) is 1.52. The predicted octanol–water partition coefficient (Wildman–Crippen LogP) is 1.44. The minimum Gasteiger partial charge on any atom is -0.477 e. The Bertz CT molecular complexity index is 632. The number of carboxylic acid groups (broad SMARTS) is 1. The molecule has 0 fully saturated rings. The lowest BCUT2D eigenvalue weighted by Gasteiger charge is -2.02. The highest BCUT2D eigenvalue weighted by molar-refractivity contribution is 5.88. The molecule has 0 spiro atoms. The molecule has 2 rings (SSSR count). The molecule has 17 heavy (non-hydrogen) atoms. The van der Waals surface area contributed by atoms with Gasteiger partial charge in [0.25, 0.3) is 5.56 Å². The van der Waals surface area contributed by atoms with Crippen molar-refractivity contribution >= 4 is 5.97 Å². The van der Waals surface area contributed by atoms with Gasteiger partial charge in [-0.1, -0.05) is 0 Å². The van der Waals surface area contributed by atoms with Crippen LogP contribution in [-0.4, -0.2) is 21.0 Å². The number of nitrogens with one attached hydrogen (secondary N) is 1. The zero-order valence-corrected chi connectivity index (χ0v) is 9.10. The third-order valence-corrected chi connectivity index (χ3v) is 2.34. The van der Waals surface area contributed by atoms with Gasteiger partial charge < -0.3 is 10.1 Å². The van der Waals surface area contributed by atoms with Gasteiger partial charge in [-0.25, -0.2) is 4.79 Å². The second-order valence-corrected chi connectivity index (χ2v) is 3.69. The maximum atomic E-state index is 11.3. The summed E-state index contributed by atoms with van der Waals surface area (Å²) in [6.45, 7) is 1.89. The maximum absolute atomic E-state index is 11.3. The summed E-state index contributed by atoms with van der Waals surface area (Å²) in [4.78, 5) is 28.5. The van der Waals surface area contributed by atoms with Gasteiger partial charge in [0.2, 0.25) is 0 Å². The Labute approximate surface area is 96.8 Å². The molecular formula is C12H10N2O3. The van der Waals surface area contributed by atoms with Gasteiger partial charge in [-0.05, 0) is 24.6 Å². The SMILES string of the molecule is Cc1cncc(-c2c[nH]c(=O)c(C(=O)O)c2)c1. The summed E-state index contributed by atoms with van der Waals surface area (Å²) in [6.07, 6.45) is 4.80. The van der Waals surface area contributed by atoms with E-state index in [1.54, 1.807) is 12.4 Å². The van der Waals surface area contributed by atoms with E-state index in [2.05, 4.69) is 9.97 Å². The van der Waals surface area contributed by atoms with Crippen LogP contribution >= 0.6 is 0 Å². The lowest BCUT2D eigenvalue weighted by molar-refractivity contribution is 0.0695. The smallest absolute Gasteiger partial charge is 0.341 e. The van der Waals surface area contributed by atoms with E-state index < -0.39 is 11.5 Å². The molecule has 0 radical (unpaired) electrons. The van der Waals surface area contributed by atoms with E-state index in [0.29, 0.717) is 5.56 Å². The normalized spacial score (nSPS) is 10.2. The van der Waals surface area contributed by atoms with Crippen molar-refractivity contribution in [3.8, 4) is 11.1 Å². The van der Waals surface area contributed by atoms with Gasteiger partial charge in [-0.3, -0.25) is 9.78 Å². The maximum Gasteiger partial charge on any atom is 0.341 e. The van der Waals surface area contributed by atoms with Crippen LogP contribution in [-0.2, 0) is 0 Å². The fraction of sp³-hybridized carbons (Fsp3) is 0.0833. The van der Waals surface area contributed by atoms with Crippen LogP contribution < -0.4 is 5.56 Å². The van der Waals surface area contributed by atoms with Crippen LogP contribution in [0.5, 0.6) is 0 Å². The molecule has 5 heteroatoms. The van der Waals surface area contributed by atoms with Gasteiger partial charge in [-0.15, -0.1) is 0 Å². The number of rotatable bonds is 2. The van der Waals surface area contributed by atoms with Crippen molar-refractivity contribution in [1.29, 1.82) is 0 Å². The number of hydrogen-bond acceptors (Lipinski definition) is 3. The summed E-state index contributed by atoms with van der Waals surface area (Å²) in [5.74, 6) is -1.24. The minimum absolute atomic E-state index is 0.274. The number of hydrogen-bond donors (Lipinski definition) is 2. The Balaban J connectivity index is 2.58. The van der Waals surface area contributed by atoms with Crippen molar-refractivity contribution < 1.29 is 9.90 Å². The Morgan fingerprint density at radius 3 is 2.71 bits per heavy atom. The lowest BCUT2D eigenvalue weighted by atomic mass is 10.1. The third-order valence-electron chi connectivity index (χ3n) is 2.34. The summed E-state index contributed by atoms with van der Waals surface area (Å²) < 4.78 is 0. The molecular weight excluding hydrogens is 220 g/mol. The molecule has 0 bridgehead atoms. The van der Waals surface area contributed by atoms with E-state index in [9.17, 15) is 9.59 Å². The number of aromatic nitrogens is 2. The number of nitrogens with zero attached hydrogens (tertiary/aromatic N) is 1. The van der Waals surface area contributed by atoms with Crippen molar-refractivity contribution in [2.45, 2.75) is 6.92 Å². The molecule has 5 nitrogen and oxygen atoms in total. The molecule has 0 atom stereocenters. The van der Waals surface area contributed by atoms with Crippen molar-refractivity contribution in [1.82, 2.24) is 9.97 Å². The van der Waals surface area contributed by atoms with Crippen LogP contribution in [0.1, 0.15) is 15.9 Å². The van der Waals surface area contributed by atoms with Crippen LogP contribution in [0.15, 0.2) is 35.5 Å². The Hall–Kier alpha value is -2.43. The summed E-state index contributed by atoms with van der Waals surface area (Å²) in [6, 6.07) is 3.21. The van der Waals surface area contributed by atoms with Gasteiger partial charge in [0.1, 0.15) is 5.56 Å². The summed E-state index contributed by atoms with van der Waals surface area (Å²) in [5, 5.41) is 8.86. The zero-order valence-electron chi connectivity index (χ0n) is 9.10. The number of carbonyl (C=O) groups is 1. The van der Waals surface area contributed by atoms with Crippen molar-refractivity contribution in [3.63, 3.8) is 0 Å². The second-order valence-electron chi connectivity index (χ2n) is 3.69. The highest BCUT2D eigenvalue weighted by Gasteiger charge is 2.10. The Morgan fingerprint density at radius 2 is 2.06 bits per heavy atom. The molecule has 2 N–H and O–H groups in total. The number of H-pyrrole nitrogens is 1. The highest BCUT2D eigenvalue weighted by atomic mass is 16.4. The first kappa shape index (κ1) is 11.1. The zero-order chi connectivity index (χ0) is 12.4. The van der Waals surface area contributed by atoms with E-state index in [1.165, 1.54) is 12.3 Å². The first-order chi connectivity index (χ1) is 8.08. The number of aryl methyl sites for hydroxylation is 1. The Morgan fingerprint density at radius 1 is 1.29 bits per heavy atom. The quantitative estimate of drug-likeness (QED) is 0.817. The van der Waals surface area contributed by atoms with Crippen LogP contribution in [0.2, 0.25) is 0 Å². The van der Waals surface area contributed by atoms with E-state index in [0.717, 1.165) is 11.1 Å². The molecule has 0 aliphatic heterocycles. The van der Waals surface area contributed by atoms with E-state index in [1.807, 2.05) is 13.0 Å². The summed E-state index contributed by atoms with van der Waals surface area (Å²) in [5.41, 5.74) is 1.47. The lowest BCUT2D eigenvalue weighted by Crippen LogP contribution is -2.16. The molecule has 0 aliphatic rings. The van der Waals surface area contributed by atoms with E-state index in [4.69, 9.17) is 5.11 Å². The summed E-state index contributed by atoms with van der Waals surface area (Å²) in [7, 11) is 0. The first-order valence-electron chi connectivity index (χ1n) is 4.96. The van der Waals surface area contributed by atoms with Gasteiger partial charge >= 0.3 is 5.97 Å². The van der Waals surface area contributed by atoms with Crippen LogP contribution in [0.3, 0.4) is 0 Å². The molecule has 2 aromatic rings. The average molecular weight is 230 g/mol. The van der Waals surface area contributed by atoms with Crippen molar-refractivity contribution in [2.75, 3.05) is 0 Å². The molecule has 0 unspecified atom stereocenters. The number of pyridine rings is 2. The predicted molar refractivity (Wildman–Crippen MR) is 62.0 cm³/mol. The third kappa shape index (κ3) is 2.23. The molecule has 0 aliphatic carbocycles. The van der Waals surface area contributed by atoms with Crippen LogP contribution in [0, 0.1) is 6.92 Å². The second kappa shape index (κ2) is 4.21. The Kier molecular flexibility index (Phi) is 2.74. The highest BCUT2D eigenvalue weighted by Crippen LogP contribution is 2.18. The number of aromatic carboxylic acids is 1. The minimum atomic E-state index is -1.24. The number of aromatic amines is 1. The van der Waals surface area contributed by atoms with Gasteiger partial charge in [0.05, 0.1) is 0 Å². The van der Waals surface area contributed by atoms with Gasteiger partial charge in [0, 0.05) is 29.7 Å². The monoisotopic (exact) mass is 230 g/mol. The van der Waals surface area contributed by atoms with Gasteiger partial charge in [0.15, 0.2) is 0 Å². The van der Waals surface area contributed by atoms with Crippen LogP contribution in [0.4, 0.5) is 0 Å². The largest absolute Gasteiger partial charge is 0.477 e. The topological polar surface area (TPSA) is 83.0 Å². The molecule has 2 heterocycles. The molecule has 2 aromatic heterocycles. The van der Waals surface area contributed by atoms with Crippen molar-refractivity contribution in [3.05, 3.63) is 52.2 Å². The van der Waals surface area contributed by atoms with E-state index in [-0.39, 0.29) is 5.56 Å². The standard InChI is InChI=1S/C12H10N2O3/c1-7-2-8(5-13-4-7)9-3-10(12(16)17)11(15)14-6-9/h2-6H,1H3,(H,14,15)(H,16,17). The molecule has 86 valence electrons. The molecule has 0 saturated carbocycles. The fourth-order valence-electron chi connectivity index (χ4n) is 1.52. The van der Waals surface area contributed by atoms with E-state index >= 15 is 0 Å².